The molecule has 0 saturated carbocycles. The number of aromatic nitrogens is 2. The van der Waals surface area contributed by atoms with Gasteiger partial charge in [-0.15, -0.1) is 0 Å². The third kappa shape index (κ3) is 4.74. The standard InChI is InChI=1S/C20H19ClN4O2/c1-13(14-6-4-3-5-7-14)23-20-22-11-10-18(25-20)24-17-12-15(19(26)27-2)8-9-16(17)21/h3-13H,1-2H3,(H2,22,23,24,25). The first kappa shape index (κ1) is 18.7. The Morgan fingerprint density at radius 2 is 1.93 bits per heavy atom. The average Bonchev–Trinajstić information content (AvgIpc) is 2.70. The highest BCUT2D eigenvalue weighted by Gasteiger charge is 2.11. The van der Waals surface area contributed by atoms with Crippen molar-refractivity contribution in [2.24, 2.45) is 0 Å². The van der Waals surface area contributed by atoms with Crippen LogP contribution >= 0.6 is 11.6 Å². The average molecular weight is 383 g/mol. The second-order valence-corrected chi connectivity index (χ2v) is 6.26. The van der Waals surface area contributed by atoms with Crippen LogP contribution in [-0.2, 0) is 4.74 Å². The third-order valence-electron chi connectivity index (χ3n) is 3.95. The molecule has 0 spiro atoms. The molecule has 3 rings (SSSR count). The van der Waals surface area contributed by atoms with Crippen molar-refractivity contribution in [2.45, 2.75) is 13.0 Å². The van der Waals surface area contributed by atoms with Gasteiger partial charge in [0, 0.05) is 6.20 Å². The number of hydrogen-bond acceptors (Lipinski definition) is 6. The first-order valence-electron chi connectivity index (χ1n) is 8.36. The minimum Gasteiger partial charge on any atom is -0.465 e. The summed E-state index contributed by atoms with van der Waals surface area (Å²) in [6, 6.07) is 16.7. The third-order valence-corrected chi connectivity index (χ3v) is 4.28. The zero-order chi connectivity index (χ0) is 19.2. The van der Waals surface area contributed by atoms with Crippen LogP contribution in [0.4, 0.5) is 17.5 Å². The number of rotatable bonds is 6. The monoisotopic (exact) mass is 382 g/mol. The molecule has 0 aliphatic carbocycles. The van der Waals surface area contributed by atoms with Gasteiger partial charge in [0.15, 0.2) is 0 Å². The van der Waals surface area contributed by atoms with Crippen LogP contribution in [0.5, 0.6) is 0 Å². The Kier molecular flexibility index (Phi) is 5.88. The van der Waals surface area contributed by atoms with Crippen molar-refractivity contribution in [1.82, 2.24) is 9.97 Å². The molecule has 0 amide bonds. The molecule has 0 radical (unpaired) electrons. The zero-order valence-electron chi connectivity index (χ0n) is 14.9. The van der Waals surface area contributed by atoms with Crippen LogP contribution in [0, 0.1) is 0 Å². The van der Waals surface area contributed by atoms with Gasteiger partial charge < -0.3 is 15.4 Å². The van der Waals surface area contributed by atoms with E-state index in [0.717, 1.165) is 5.56 Å². The van der Waals surface area contributed by atoms with Gasteiger partial charge in [-0.25, -0.2) is 9.78 Å². The van der Waals surface area contributed by atoms with Gasteiger partial charge in [0.25, 0.3) is 0 Å². The van der Waals surface area contributed by atoms with E-state index >= 15 is 0 Å². The van der Waals surface area contributed by atoms with Gasteiger partial charge in [0.1, 0.15) is 5.82 Å². The molecule has 0 aliphatic heterocycles. The number of benzene rings is 2. The number of nitrogens with zero attached hydrogens (tertiary/aromatic N) is 2. The summed E-state index contributed by atoms with van der Waals surface area (Å²) in [5, 5.41) is 6.85. The van der Waals surface area contributed by atoms with Gasteiger partial charge in [-0.2, -0.15) is 4.98 Å². The van der Waals surface area contributed by atoms with E-state index in [1.165, 1.54) is 7.11 Å². The summed E-state index contributed by atoms with van der Waals surface area (Å²) in [5.41, 5.74) is 2.09. The number of methoxy groups -OCH3 is 1. The molecule has 1 atom stereocenters. The summed E-state index contributed by atoms with van der Waals surface area (Å²) >= 11 is 6.22. The van der Waals surface area contributed by atoms with Gasteiger partial charge in [-0.3, -0.25) is 0 Å². The summed E-state index contributed by atoms with van der Waals surface area (Å²) in [4.78, 5) is 20.4. The van der Waals surface area contributed by atoms with Crippen molar-refractivity contribution >= 4 is 35.0 Å². The van der Waals surface area contributed by atoms with E-state index in [9.17, 15) is 4.79 Å². The van der Waals surface area contributed by atoms with Crippen molar-refractivity contribution in [3.63, 3.8) is 0 Å². The van der Waals surface area contributed by atoms with E-state index in [1.807, 2.05) is 37.3 Å². The molecule has 6 nitrogen and oxygen atoms in total. The maximum atomic E-state index is 11.7. The minimum absolute atomic E-state index is 0.0488. The lowest BCUT2D eigenvalue weighted by Gasteiger charge is -2.15. The lowest BCUT2D eigenvalue weighted by Crippen LogP contribution is -2.10. The van der Waals surface area contributed by atoms with E-state index in [-0.39, 0.29) is 6.04 Å². The Hall–Kier alpha value is -3.12. The van der Waals surface area contributed by atoms with E-state index in [1.54, 1.807) is 30.5 Å². The van der Waals surface area contributed by atoms with Crippen LogP contribution in [0.1, 0.15) is 28.9 Å². The van der Waals surface area contributed by atoms with Crippen LogP contribution < -0.4 is 10.6 Å². The molecular weight excluding hydrogens is 364 g/mol. The van der Waals surface area contributed by atoms with E-state index in [4.69, 9.17) is 16.3 Å². The fourth-order valence-corrected chi connectivity index (χ4v) is 2.69. The highest BCUT2D eigenvalue weighted by Crippen LogP contribution is 2.27. The smallest absolute Gasteiger partial charge is 0.337 e. The molecule has 7 heteroatoms. The molecule has 27 heavy (non-hydrogen) atoms. The Morgan fingerprint density at radius 3 is 2.67 bits per heavy atom. The quantitative estimate of drug-likeness (QED) is 0.594. The Labute approximate surface area is 162 Å². The van der Waals surface area contributed by atoms with Crippen LogP contribution in [0.15, 0.2) is 60.8 Å². The van der Waals surface area contributed by atoms with Crippen LogP contribution in [0.25, 0.3) is 0 Å². The lowest BCUT2D eigenvalue weighted by molar-refractivity contribution is 0.0601. The Bertz CT molecular complexity index is 934. The number of anilines is 3. The Balaban J connectivity index is 1.77. The number of carbonyl (C=O) groups excluding carboxylic acids is 1. The molecule has 0 aliphatic rings. The second kappa shape index (κ2) is 8.51. The van der Waals surface area contributed by atoms with Crippen molar-refractivity contribution in [2.75, 3.05) is 17.7 Å². The number of carbonyl (C=O) groups is 1. The molecule has 1 heterocycles. The number of esters is 1. The molecule has 2 N–H and O–H groups in total. The van der Waals surface area contributed by atoms with E-state index in [2.05, 4.69) is 20.6 Å². The molecule has 3 aromatic rings. The minimum atomic E-state index is -0.434. The predicted octanol–water partition coefficient (Wildman–Crippen LogP) is 4.83. The van der Waals surface area contributed by atoms with Crippen LogP contribution in [0.2, 0.25) is 5.02 Å². The summed E-state index contributed by atoms with van der Waals surface area (Å²) in [7, 11) is 1.33. The SMILES string of the molecule is COC(=O)c1ccc(Cl)c(Nc2ccnc(NC(C)c3ccccc3)n2)c1. The molecule has 1 unspecified atom stereocenters. The van der Waals surface area contributed by atoms with Gasteiger partial charge in [-0.05, 0) is 36.8 Å². The molecule has 0 saturated heterocycles. The largest absolute Gasteiger partial charge is 0.465 e. The number of halogens is 1. The van der Waals surface area contributed by atoms with E-state index in [0.29, 0.717) is 28.0 Å². The van der Waals surface area contributed by atoms with Gasteiger partial charge >= 0.3 is 5.97 Å². The molecule has 0 fully saturated rings. The van der Waals surface area contributed by atoms with Gasteiger partial charge in [0.05, 0.1) is 29.4 Å². The number of nitrogens with one attached hydrogen (secondary N) is 2. The van der Waals surface area contributed by atoms with Crippen molar-refractivity contribution < 1.29 is 9.53 Å². The van der Waals surface area contributed by atoms with E-state index < -0.39 is 5.97 Å². The summed E-state index contributed by atoms with van der Waals surface area (Å²) in [6.45, 7) is 2.04. The maximum Gasteiger partial charge on any atom is 0.337 e. The zero-order valence-corrected chi connectivity index (χ0v) is 15.7. The van der Waals surface area contributed by atoms with Gasteiger partial charge in [-0.1, -0.05) is 41.9 Å². The van der Waals surface area contributed by atoms with Crippen molar-refractivity contribution in [1.29, 1.82) is 0 Å². The first-order valence-corrected chi connectivity index (χ1v) is 8.74. The molecule has 2 aromatic carbocycles. The summed E-state index contributed by atoms with van der Waals surface area (Å²) in [5.74, 6) is 0.602. The van der Waals surface area contributed by atoms with Crippen molar-refractivity contribution in [3.8, 4) is 0 Å². The fourth-order valence-electron chi connectivity index (χ4n) is 2.52. The predicted molar refractivity (Wildman–Crippen MR) is 107 cm³/mol. The Morgan fingerprint density at radius 1 is 1.15 bits per heavy atom. The van der Waals surface area contributed by atoms with Crippen LogP contribution in [0.3, 0.4) is 0 Å². The number of hydrogen-bond donors (Lipinski definition) is 2. The highest BCUT2D eigenvalue weighted by molar-refractivity contribution is 6.33. The molecule has 0 bridgehead atoms. The van der Waals surface area contributed by atoms with Gasteiger partial charge in [0.2, 0.25) is 5.95 Å². The maximum absolute atomic E-state index is 11.7. The lowest BCUT2D eigenvalue weighted by atomic mass is 10.1. The molecule has 138 valence electrons. The second-order valence-electron chi connectivity index (χ2n) is 5.85. The van der Waals surface area contributed by atoms with Crippen LogP contribution in [-0.4, -0.2) is 23.0 Å². The highest BCUT2D eigenvalue weighted by atomic mass is 35.5. The van der Waals surface area contributed by atoms with Crippen molar-refractivity contribution in [3.05, 3.63) is 76.9 Å². The summed E-state index contributed by atoms with van der Waals surface area (Å²) < 4.78 is 4.74. The molecular formula is C20H19ClN4O2. The summed E-state index contributed by atoms with van der Waals surface area (Å²) in [6.07, 6.45) is 1.65. The number of ether oxygens (including phenoxy) is 1. The normalized spacial score (nSPS) is 11.5. The topological polar surface area (TPSA) is 76.1 Å². The first-order chi connectivity index (χ1) is 13.1. The molecule has 1 aromatic heterocycles. The fraction of sp³-hybridized carbons (Fsp3) is 0.150.